The largest absolute Gasteiger partial charge is 0.398 e. The smallest absolute Gasteiger partial charge is 0.123 e. The van der Waals surface area contributed by atoms with E-state index in [1.165, 1.54) is 72.8 Å². The molecule has 0 fully saturated rings. The summed E-state index contributed by atoms with van der Waals surface area (Å²) in [6.07, 6.45) is 0. The SMILES string of the molecule is Nc1c(-c2cccc(F)c2)c(N)c(-c2cccc(F)c2)c(-c2cccc(F)c2)c1-c1cccc(F)c1. The van der Waals surface area contributed by atoms with Gasteiger partial charge in [0.05, 0.1) is 11.4 Å². The van der Waals surface area contributed by atoms with Gasteiger partial charge < -0.3 is 11.5 Å². The van der Waals surface area contributed by atoms with Crippen molar-refractivity contribution in [1.29, 1.82) is 0 Å². The summed E-state index contributed by atoms with van der Waals surface area (Å²) in [4.78, 5) is 0. The normalized spacial score (nSPS) is 11.0. The number of rotatable bonds is 4. The highest BCUT2D eigenvalue weighted by Gasteiger charge is 2.26. The minimum atomic E-state index is -0.506. The van der Waals surface area contributed by atoms with Gasteiger partial charge in [0, 0.05) is 22.3 Å². The highest BCUT2D eigenvalue weighted by Crippen LogP contribution is 2.52. The fourth-order valence-electron chi connectivity index (χ4n) is 4.56. The van der Waals surface area contributed by atoms with Crippen LogP contribution < -0.4 is 11.5 Å². The van der Waals surface area contributed by atoms with Gasteiger partial charge in [0.1, 0.15) is 23.3 Å². The van der Waals surface area contributed by atoms with E-state index in [9.17, 15) is 17.6 Å². The lowest BCUT2D eigenvalue weighted by Gasteiger charge is -2.24. The van der Waals surface area contributed by atoms with Gasteiger partial charge in [0.25, 0.3) is 0 Å². The van der Waals surface area contributed by atoms with E-state index in [2.05, 4.69) is 0 Å². The Morgan fingerprint density at radius 3 is 0.944 bits per heavy atom. The Hall–Kier alpha value is -4.58. The van der Waals surface area contributed by atoms with Crippen LogP contribution in [0.25, 0.3) is 44.5 Å². The molecule has 0 aliphatic rings. The first-order valence-electron chi connectivity index (χ1n) is 11.1. The predicted octanol–water partition coefficient (Wildman–Crippen LogP) is 8.08. The molecular weight excluding hydrogens is 464 g/mol. The summed E-state index contributed by atoms with van der Waals surface area (Å²) in [6, 6.07) is 23.1. The lowest BCUT2D eigenvalue weighted by molar-refractivity contribution is 0.627. The number of nitrogen functional groups attached to an aromatic ring is 2. The molecule has 5 aromatic carbocycles. The summed E-state index contributed by atoms with van der Waals surface area (Å²) < 4.78 is 57.4. The molecule has 0 unspecified atom stereocenters. The van der Waals surface area contributed by atoms with Crippen molar-refractivity contribution in [3.05, 3.63) is 120 Å². The standard InChI is InChI=1S/C30H20F4N2/c31-21-9-1-5-17(13-21)25-26(18-6-2-10-22(32)14-18)29(35)28(20-8-4-12-24(34)16-20)30(36)27(25)19-7-3-11-23(33)15-19/h1-16H,35-36H2. The number of anilines is 2. The van der Waals surface area contributed by atoms with Crippen LogP contribution in [0.2, 0.25) is 0 Å². The molecule has 0 aromatic heterocycles. The van der Waals surface area contributed by atoms with E-state index in [1.807, 2.05) is 0 Å². The van der Waals surface area contributed by atoms with E-state index < -0.39 is 23.3 Å². The van der Waals surface area contributed by atoms with Gasteiger partial charge in [-0.2, -0.15) is 0 Å². The lowest BCUT2D eigenvalue weighted by Crippen LogP contribution is -2.05. The fraction of sp³-hybridized carbons (Fsp3) is 0. The molecule has 5 rings (SSSR count). The highest BCUT2D eigenvalue weighted by molar-refractivity contribution is 6.11. The summed E-state index contributed by atoms with van der Waals surface area (Å²) in [5, 5.41) is 0. The average Bonchev–Trinajstić information content (AvgIpc) is 2.84. The number of benzene rings is 5. The molecule has 0 heterocycles. The molecule has 0 spiro atoms. The van der Waals surface area contributed by atoms with Gasteiger partial charge in [-0.1, -0.05) is 48.5 Å². The van der Waals surface area contributed by atoms with Gasteiger partial charge in [-0.3, -0.25) is 0 Å². The van der Waals surface area contributed by atoms with Crippen molar-refractivity contribution in [3.63, 3.8) is 0 Å². The number of hydrogen-bond donors (Lipinski definition) is 2. The molecule has 0 aliphatic heterocycles. The van der Waals surface area contributed by atoms with Crippen LogP contribution in [-0.4, -0.2) is 0 Å². The minimum absolute atomic E-state index is 0.156. The molecule has 178 valence electrons. The summed E-state index contributed by atoms with van der Waals surface area (Å²) in [5.74, 6) is -2.02. The molecule has 36 heavy (non-hydrogen) atoms. The Labute approximate surface area is 205 Å². The van der Waals surface area contributed by atoms with E-state index in [0.717, 1.165) is 0 Å². The molecule has 0 radical (unpaired) electrons. The monoisotopic (exact) mass is 484 g/mol. The summed E-state index contributed by atoms with van der Waals surface area (Å²) in [5.41, 5.74) is 16.8. The molecule has 5 aromatic rings. The van der Waals surface area contributed by atoms with Crippen LogP contribution in [0.5, 0.6) is 0 Å². The van der Waals surface area contributed by atoms with E-state index in [0.29, 0.717) is 44.5 Å². The van der Waals surface area contributed by atoms with Crippen LogP contribution >= 0.6 is 0 Å². The quantitative estimate of drug-likeness (QED) is 0.200. The maximum absolute atomic E-state index is 14.4. The molecule has 0 saturated carbocycles. The van der Waals surface area contributed by atoms with Crippen LogP contribution in [0.15, 0.2) is 97.1 Å². The molecule has 4 N–H and O–H groups in total. The van der Waals surface area contributed by atoms with Crippen molar-refractivity contribution in [2.45, 2.75) is 0 Å². The average molecular weight is 484 g/mol. The van der Waals surface area contributed by atoms with Gasteiger partial charge in [-0.25, -0.2) is 17.6 Å². The Morgan fingerprint density at radius 1 is 0.361 bits per heavy atom. The number of nitrogens with two attached hydrogens (primary N) is 2. The zero-order chi connectivity index (χ0) is 25.4. The van der Waals surface area contributed by atoms with Crippen molar-refractivity contribution in [1.82, 2.24) is 0 Å². The van der Waals surface area contributed by atoms with E-state index >= 15 is 0 Å². The van der Waals surface area contributed by atoms with E-state index in [-0.39, 0.29) is 11.4 Å². The molecule has 0 aliphatic carbocycles. The third-order valence-electron chi connectivity index (χ3n) is 6.03. The molecule has 0 bridgehead atoms. The Morgan fingerprint density at radius 2 is 0.639 bits per heavy atom. The second-order valence-electron chi connectivity index (χ2n) is 8.37. The number of hydrogen-bond acceptors (Lipinski definition) is 2. The predicted molar refractivity (Wildman–Crippen MR) is 137 cm³/mol. The van der Waals surface area contributed by atoms with Crippen molar-refractivity contribution >= 4 is 11.4 Å². The van der Waals surface area contributed by atoms with Crippen LogP contribution in [0.1, 0.15) is 0 Å². The van der Waals surface area contributed by atoms with Crippen LogP contribution in [0.3, 0.4) is 0 Å². The molecule has 2 nitrogen and oxygen atoms in total. The van der Waals surface area contributed by atoms with Gasteiger partial charge >= 0.3 is 0 Å². The first-order valence-corrected chi connectivity index (χ1v) is 11.1. The van der Waals surface area contributed by atoms with Crippen molar-refractivity contribution in [3.8, 4) is 44.5 Å². The van der Waals surface area contributed by atoms with Crippen molar-refractivity contribution in [2.24, 2.45) is 0 Å². The molecule has 0 atom stereocenters. The topological polar surface area (TPSA) is 52.0 Å². The second kappa shape index (κ2) is 9.23. The van der Waals surface area contributed by atoms with Crippen LogP contribution in [-0.2, 0) is 0 Å². The third-order valence-corrected chi connectivity index (χ3v) is 6.03. The molecule has 0 saturated heterocycles. The molecule has 6 heteroatoms. The highest BCUT2D eigenvalue weighted by atomic mass is 19.1. The van der Waals surface area contributed by atoms with Crippen molar-refractivity contribution < 1.29 is 17.6 Å². The Balaban J connectivity index is 2.01. The zero-order valence-corrected chi connectivity index (χ0v) is 18.9. The van der Waals surface area contributed by atoms with Crippen LogP contribution in [0, 0.1) is 23.3 Å². The number of halogens is 4. The van der Waals surface area contributed by atoms with Gasteiger partial charge in [0.2, 0.25) is 0 Å². The summed E-state index contributed by atoms with van der Waals surface area (Å²) in [7, 11) is 0. The summed E-state index contributed by atoms with van der Waals surface area (Å²) >= 11 is 0. The minimum Gasteiger partial charge on any atom is -0.398 e. The Bertz CT molecular complexity index is 1540. The molecule has 0 amide bonds. The van der Waals surface area contributed by atoms with Gasteiger partial charge in [0.15, 0.2) is 0 Å². The molecular formula is C30H20F4N2. The first-order chi connectivity index (χ1) is 17.3. The first kappa shape index (κ1) is 23.2. The van der Waals surface area contributed by atoms with Crippen LogP contribution in [0.4, 0.5) is 28.9 Å². The maximum Gasteiger partial charge on any atom is 0.123 e. The summed E-state index contributed by atoms with van der Waals surface area (Å²) in [6.45, 7) is 0. The fourth-order valence-corrected chi connectivity index (χ4v) is 4.56. The van der Waals surface area contributed by atoms with E-state index in [1.54, 1.807) is 24.3 Å². The zero-order valence-electron chi connectivity index (χ0n) is 18.9. The van der Waals surface area contributed by atoms with E-state index in [4.69, 9.17) is 11.5 Å². The third kappa shape index (κ3) is 4.18. The second-order valence-corrected chi connectivity index (χ2v) is 8.37. The van der Waals surface area contributed by atoms with Gasteiger partial charge in [-0.05, 0) is 70.8 Å². The Kier molecular flexibility index (Phi) is 5.94. The maximum atomic E-state index is 14.4. The van der Waals surface area contributed by atoms with Gasteiger partial charge in [-0.15, -0.1) is 0 Å². The lowest BCUT2D eigenvalue weighted by atomic mass is 9.81. The van der Waals surface area contributed by atoms with Crippen molar-refractivity contribution in [2.75, 3.05) is 11.5 Å².